The highest BCUT2D eigenvalue weighted by molar-refractivity contribution is 5.83. The van der Waals surface area contributed by atoms with E-state index in [2.05, 4.69) is 10.6 Å². The van der Waals surface area contributed by atoms with Gasteiger partial charge in [-0.1, -0.05) is 30.3 Å². The number of carbonyl (C=O) groups is 2. The molecule has 0 saturated heterocycles. The largest absolute Gasteiger partial charge is 0.355 e. The fraction of sp³-hybridized carbons (Fsp3) is 0.467. The maximum absolute atomic E-state index is 11.6. The molecule has 0 fully saturated rings. The minimum atomic E-state index is -0.100. The predicted molar refractivity (Wildman–Crippen MR) is 79.1 cm³/mol. The summed E-state index contributed by atoms with van der Waals surface area (Å²) in [6.07, 6.45) is 0.453. The summed E-state index contributed by atoms with van der Waals surface area (Å²) in [6, 6.07) is 9.70. The number of nitrogens with one attached hydrogen (secondary N) is 2. The first-order valence-corrected chi connectivity index (χ1v) is 6.80. The van der Waals surface area contributed by atoms with Crippen molar-refractivity contribution >= 4 is 11.8 Å². The van der Waals surface area contributed by atoms with E-state index < -0.39 is 0 Å². The molecule has 0 aromatic heterocycles. The summed E-state index contributed by atoms with van der Waals surface area (Å²) in [5.41, 5.74) is 1.05. The zero-order valence-electron chi connectivity index (χ0n) is 12.2. The molecule has 0 aliphatic rings. The lowest BCUT2D eigenvalue weighted by atomic mass is 10.2. The van der Waals surface area contributed by atoms with Crippen LogP contribution in [0.4, 0.5) is 0 Å². The number of benzene rings is 1. The third kappa shape index (κ3) is 7.53. The van der Waals surface area contributed by atoms with Crippen LogP contribution in [0.5, 0.6) is 0 Å². The summed E-state index contributed by atoms with van der Waals surface area (Å²) in [5.74, 6) is -0.182. The summed E-state index contributed by atoms with van der Waals surface area (Å²) in [6.45, 7) is 1.91. The van der Waals surface area contributed by atoms with Crippen molar-refractivity contribution in [2.24, 2.45) is 0 Å². The molecule has 0 unspecified atom stereocenters. The van der Waals surface area contributed by atoms with Gasteiger partial charge >= 0.3 is 0 Å². The molecule has 2 amide bonds. The van der Waals surface area contributed by atoms with Gasteiger partial charge in [0.05, 0.1) is 0 Å². The van der Waals surface area contributed by atoms with E-state index in [4.69, 9.17) is 0 Å². The molecule has 2 N–H and O–H groups in total. The van der Waals surface area contributed by atoms with Crippen LogP contribution < -0.4 is 10.6 Å². The molecule has 0 atom stereocenters. The number of nitrogens with zero attached hydrogens (tertiary/aromatic N) is 1. The molecule has 20 heavy (non-hydrogen) atoms. The SMILES string of the molecule is CN(C)CCNC(=O)CCC(=O)NCc1ccccc1. The number of amides is 2. The van der Waals surface area contributed by atoms with Crippen molar-refractivity contribution < 1.29 is 9.59 Å². The van der Waals surface area contributed by atoms with Gasteiger partial charge < -0.3 is 15.5 Å². The van der Waals surface area contributed by atoms with Gasteiger partial charge in [0, 0.05) is 32.5 Å². The Hall–Kier alpha value is -1.88. The first-order valence-electron chi connectivity index (χ1n) is 6.80. The van der Waals surface area contributed by atoms with Crippen molar-refractivity contribution in [3.05, 3.63) is 35.9 Å². The van der Waals surface area contributed by atoms with Crippen molar-refractivity contribution in [2.45, 2.75) is 19.4 Å². The maximum Gasteiger partial charge on any atom is 0.220 e. The van der Waals surface area contributed by atoms with Crippen LogP contribution in [0.1, 0.15) is 18.4 Å². The van der Waals surface area contributed by atoms with Crippen molar-refractivity contribution in [1.29, 1.82) is 0 Å². The third-order valence-corrected chi connectivity index (χ3v) is 2.79. The minimum absolute atomic E-state index is 0.0817. The maximum atomic E-state index is 11.6. The van der Waals surface area contributed by atoms with Crippen LogP contribution in [0.15, 0.2) is 30.3 Å². The van der Waals surface area contributed by atoms with Gasteiger partial charge in [0.2, 0.25) is 11.8 Å². The molecule has 0 aliphatic carbocycles. The Morgan fingerprint density at radius 2 is 1.60 bits per heavy atom. The second-order valence-corrected chi connectivity index (χ2v) is 4.92. The summed E-state index contributed by atoms with van der Waals surface area (Å²) in [5, 5.41) is 5.58. The van der Waals surface area contributed by atoms with E-state index in [-0.39, 0.29) is 24.7 Å². The quantitative estimate of drug-likeness (QED) is 0.737. The Bertz CT molecular complexity index is 418. The smallest absolute Gasteiger partial charge is 0.220 e. The normalized spacial score (nSPS) is 10.3. The molecule has 0 saturated carbocycles. The van der Waals surface area contributed by atoms with E-state index in [0.29, 0.717) is 13.1 Å². The topological polar surface area (TPSA) is 61.4 Å². The van der Waals surface area contributed by atoms with Crippen LogP contribution in [0, 0.1) is 0 Å². The highest BCUT2D eigenvalue weighted by Gasteiger charge is 2.06. The number of likely N-dealkylation sites (N-methyl/N-ethyl adjacent to an activating group) is 1. The van der Waals surface area contributed by atoms with Gasteiger partial charge in [-0.3, -0.25) is 9.59 Å². The molecule has 1 aromatic carbocycles. The summed E-state index contributed by atoms with van der Waals surface area (Å²) < 4.78 is 0. The molecular weight excluding hydrogens is 254 g/mol. The van der Waals surface area contributed by atoms with Gasteiger partial charge in [0.1, 0.15) is 0 Å². The molecule has 0 bridgehead atoms. The monoisotopic (exact) mass is 277 g/mol. The Morgan fingerprint density at radius 3 is 2.20 bits per heavy atom. The van der Waals surface area contributed by atoms with E-state index in [0.717, 1.165) is 12.1 Å². The van der Waals surface area contributed by atoms with Crippen LogP contribution in [-0.2, 0) is 16.1 Å². The van der Waals surface area contributed by atoms with Crippen molar-refractivity contribution in [1.82, 2.24) is 15.5 Å². The van der Waals surface area contributed by atoms with Crippen LogP contribution in [0.3, 0.4) is 0 Å². The Labute approximate surface area is 120 Å². The van der Waals surface area contributed by atoms with Gasteiger partial charge in [0.15, 0.2) is 0 Å². The Morgan fingerprint density at radius 1 is 1.00 bits per heavy atom. The van der Waals surface area contributed by atoms with Gasteiger partial charge in [-0.25, -0.2) is 0 Å². The van der Waals surface area contributed by atoms with E-state index >= 15 is 0 Å². The van der Waals surface area contributed by atoms with Gasteiger partial charge in [-0.2, -0.15) is 0 Å². The first kappa shape index (κ1) is 16.2. The number of hydrogen-bond donors (Lipinski definition) is 2. The highest BCUT2D eigenvalue weighted by Crippen LogP contribution is 1.98. The van der Waals surface area contributed by atoms with E-state index in [1.165, 1.54) is 0 Å². The molecule has 1 rings (SSSR count). The second kappa shape index (κ2) is 9.09. The van der Waals surface area contributed by atoms with Gasteiger partial charge in [-0.15, -0.1) is 0 Å². The molecule has 0 aliphatic heterocycles. The summed E-state index contributed by atoms with van der Waals surface area (Å²) in [4.78, 5) is 25.1. The van der Waals surface area contributed by atoms with E-state index in [9.17, 15) is 9.59 Å². The molecule has 1 aromatic rings. The lowest BCUT2D eigenvalue weighted by Crippen LogP contribution is -2.32. The van der Waals surface area contributed by atoms with Crippen LogP contribution in [0.25, 0.3) is 0 Å². The molecule has 110 valence electrons. The fourth-order valence-corrected chi connectivity index (χ4v) is 1.62. The lowest BCUT2D eigenvalue weighted by Gasteiger charge is -2.10. The zero-order chi connectivity index (χ0) is 14.8. The third-order valence-electron chi connectivity index (χ3n) is 2.79. The fourth-order valence-electron chi connectivity index (χ4n) is 1.62. The first-order chi connectivity index (χ1) is 9.58. The highest BCUT2D eigenvalue weighted by atomic mass is 16.2. The van der Waals surface area contributed by atoms with Crippen molar-refractivity contribution in [3.63, 3.8) is 0 Å². The van der Waals surface area contributed by atoms with Crippen molar-refractivity contribution in [3.8, 4) is 0 Å². The molecule has 0 spiro atoms. The zero-order valence-corrected chi connectivity index (χ0v) is 12.2. The average molecular weight is 277 g/mol. The minimum Gasteiger partial charge on any atom is -0.355 e. The van der Waals surface area contributed by atoms with E-state index in [1.807, 2.05) is 49.3 Å². The average Bonchev–Trinajstić information content (AvgIpc) is 2.43. The van der Waals surface area contributed by atoms with Gasteiger partial charge in [0.25, 0.3) is 0 Å². The molecule has 5 nitrogen and oxygen atoms in total. The summed E-state index contributed by atoms with van der Waals surface area (Å²) >= 11 is 0. The van der Waals surface area contributed by atoms with E-state index in [1.54, 1.807) is 0 Å². The van der Waals surface area contributed by atoms with Crippen molar-refractivity contribution in [2.75, 3.05) is 27.2 Å². The Kier molecular flexibility index (Phi) is 7.35. The molecular formula is C15H23N3O2. The molecule has 5 heteroatoms. The predicted octanol–water partition coefficient (Wildman–Crippen LogP) is 0.761. The standard InChI is InChI=1S/C15H23N3O2/c1-18(2)11-10-16-14(19)8-9-15(20)17-12-13-6-4-3-5-7-13/h3-7H,8-12H2,1-2H3,(H,16,19)(H,17,20). The number of hydrogen-bond acceptors (Lipinski definition) is 3. The van der Waals surface area contributed by atoms with Gasteiger partial charge in [-0.05, 0) is 19.7 Å². The summed E-state index contributed by atoms with van der Waals surface area (Å²) in [7, 11) is 3.90. The van der Waals surface area contributed by atoms with Crippen LogP contribution in [0.2, 0.25) is 0 Å². The molecule has 0 radical (unpaired) electrons. The van der Waals surface area contributed by atoms with Crippen LogP contribution >= 0.6 is 0 Å². The Balaban J connectivity index is 2.12. The molecule has 0 heterocycles. The number of rotatable bonds is 8. The second-order valence-electron chi connectivity index (χ2n) is 4.92. The van der Waals surface area contributed by atoms with Crippen LogP contribution in [-0.4, -0.2) is 43.9 Å². The number of carbonyl (C=O) groups excluding carboxylic acids is 2. The lowest BCUT2D eigenvalue weighted by molar-refractivity contribution is -0.126.